The van der Waals surface area contributed by atoms with Crippen LogP contribution >= 0.6 is 0 Å². The monoisotopic (exact) mass is 322 g/mol. The molecule has 23 heavy (non-hydrogen) atoms. The summed E-state index contributed by atoms with van der Waals surface area (Å²) in [5.41, 5.74) is 0. The van der Waals surface area contributed by atoms with E-state index in [1.54, 1.807) is 0 Å². The molecule has 0 amide bonds. The molecular formula is C21H38O2. The number of aliphatic carboxylic acids is 1. The maximum absolute atomic E-state index is 11.1. The summed E-state index contributed by atoms with van der Waals surface area (Å²) in [7, 11) is 0. The van der Waals surface area contributed by atoms with Gasteiger partial charge in [-0.25, -0.2) is 0 Å². The van der Waals surface area contributed by atoms with Crippen molar-refractivity contribution in [3.63, 3.8) is 0 Å². The first kappa shape index (κ1) is 18.8. The summed E-state index contributed by atoms with van der Waals surface area (Å²) in [6.07, 6.45) is 19.9. The zero-order chi connectivity index (χ0) is 16.5. The largest absolute Gasteiger partial charge is 0.481 e. The van der Waals surface area contributed by atoms with E-state index < -0.39 is 5.97 Å². The average molecular weight is 323 g/mol. The summed E-state index contributed by atoms with van der Waals surface area (Å²) in [4.78, 5) is 11.1. The van der Waals surface area contributed by atoms with Gasteiger partial charge in [0.15, 0.2) is 0 Å². The molecule has 0 bridgehead atoms. The molecule has 0 aromatic carbocycles. The zero-order valence-electron chi connectivity index (χ0n) is 15.3. The van der Waals surface area contributed by atoms with Crippen LogP contribution in [-0.4, -0.2) is 11.1 Å². The lowest BCUT2D eigenvalue weighted by molar-refractivity contribution is -0.143. The molecule has 2 saturated carbocycles. The van der Waals surface area contributed by atoms with E-state index in [4.69, 9.17) is 5.11 Å². The van der Waals surface area contributed by atoms with E-state index in [-0.39, 0.29) is 5.92 Å². The van der Waals surface area contributed by atoms with Gasteiger partial charge in [0.25, 0.3) is 0 Å². The van der Waals surface area contributed by atoms with Crippen LogP contribution in [0.3, 0.4) is 0 Å². The third-order valence-electron chi connectivity index (χ3n) is 6.65. The number of rotatable bonds is 9. The lowest BCUT2D eigenvalue weighted by atomic mass is 9.68. The molecule has 2 heteroatoms. The Hall–Kier alpha value is -0.530. The van der Waals surface area contributed by atoms with E-state index in [9.17, 15) is 4.79 Å². The number of carboxylic acids is 1. The molecule has 2 aliphatic carbocycles. The van der Waals surface area contributed by atoms with Crippen molar-refractivity contribution in [2.45, 2.75) is 103 Å². The van der Waals surface area contributed by atoms with Crippen molar-refractivity contribution in [3.05, 3.63) is 0 Å². The van der Waals surface area contributed by atoms with Gasteiger partial charge in [-0.3, -0.25) is 4.79 Å². The highest BCUT2D eigenvalue weighted by Crippen LogP contribution is 2.42. The Morgan fingerprint density at radius 1 is 0.783 bits per heavy atom. The van der Waals surface area contributed by atoms with Gasteiger partial charge in [-0.15, -0.1) is 0 Å². The van der Waals surface area contributed by atoms with Crippen LogP contribution in [0.25, 0.3) is 0 Å². The first-order valence-corrected chi connectivity index (χ1v) is 10.4. The number of carbonyl (C=O) groups is 1. The van der Waals surface area contributed by atoms with Gasteiger partial charge in [0.1, 0.15) is 0 Å². The predicted molar refractivity (Wildman–Crippen MR) is 96.5 cm³/mol. The Labute approximate surface area is 143 Å². The van der Waals surface area contributed by atoms with Gasteiger partial charge < -0.3 is 5.11 Å². The Morgan fingerprint density at radius 3 is 1.87 bits per heavy atom. The minimum atomic E-state index is -0.564. The van der Waals surface area contributed by atoms with Gasteiger partial charge in [-0.2, -0.15) is 0 Å². The molecule has 134 valence electrons. The molecule has 0 heterocycles. The van der Waals surface area contributed by atoms with Crippen LogP contribution in [0, 0.1) is 23.7 Å². The van der Waals surface area contributed by atoms with Crippen molar-refractivity contribution in [1.82, 2.24) is 0 Å². The van der Waals surface area contributed by atoms with Crippen LogP contribution in [0.1, 0.15) is 103 Å². The number of carboxylic acid groups (broad SMARTS) is 1. The van der Waals surface area contributed by atoms with Gasteiger partial charge in [0.2, 0.25) is 0 Å². The van der Waals surface area contributed by atoms with Crippen LogP contribution in [0.4, 0.5) is 0 Å². The number of unbranched alkanes of at least 4 members (excludes halogenated alkanes) is 5. The Bertz CT molecular complexity index is 323. The van der Waals surface area contributed by atoms with Crippen LogP contribution in [0.15, 0.2) is 0 Å². The fourth-order valence-corrected chi connectivity index (χ4v) is 5.00. The molecule has 0 aromatic heterocycles. The minimum Gasteiger partial charge on any atom is -0.481 e. The maximum atomic E-state index is 11.1. The van der Waals surface area contributed by atoms with Crippen molar-refractivity contribution < 1.29 is 9.90 Å². The molecule has 0 spiro atoms. The molecule has 2 nitrogen and oxygen atoms in total. The van der Waals surface area contributed by atoms with E-state index >= 15 is 0 Å². The van der Waals surface area contributed by atoms with Crippen molar-refractivity contribution in [2.24, 2.45) is 23.7 Å². The van der Waals surface area contributed by atoms with Crippen LogP contribution in [-0.2, 0) is 4.79 Å². The summed E-state index contributed by atoms with van der Waals surface area (Å²) in [6.45, 7) is 2.28. The molecule has 1 N–H and O–H groups in total. The van der Waals surface area contributed by atoms with Crippen LogP contribution in [0.2, 0.25) is 0 Å². The van der Waals surface area contributed by atoms with Gasteiger partial charge >= 0.3 is 5.97 Å². The molecule has 0 radical (unpaired) electrons. The normalized spacial score (nSPS) is 31.9. The second-order valence-electron chi connectivity index (χ2n) is 8.29. The van der Waals surface area contributed by atoms with Gasteiger partial charge in [-0.05, 0) is 56.3 Å². The summed E-state index contributed by atoms with van der Waals surface area (Å²) < 4.78 is 0. The Morgan fingerprint density at radius 2 is 1.30 bits per heavy atom. The standard InChI is InChI=1S/C21H38O2/c1-2-3-4-5-6-7-8-17-9-11-18(12-10-17)19-13-15-20(16-14-19)21(22)23/h17-20H,2-16H2,1H3,(H,22,23)/t17-,18-,19-,20-. The second kappa shape index (κ2) is 10.4. The highest BCUT2D eigenvalue weighted by atomic mass is 16.4. The Kier molecular flexibility index (Phi) is 8.47. The first-order chi connectivity index (χ1) is 11.2. The fraction of sp³-hybridized carbons (Fsp3) is 0.952. The van der Waals surface area contributed by atoms with Gasteiger partial charge in [0.05, 0.1) is 5.92 Å². The smallest absolute Gasteiger partial charge is 0.306 e. The van der Waals surface area contributed by atoms with Crippen molar-refractivity contribution >= 4 is 5.97 Å². The van der Waals surface area contributed by atoms with Crippen molar-refractivity contribution in [2.75, 3.05) is 0 Å². The average Bonchev–Trinajstić information content (AvgIpc) is 2.58. The Balaban J connectivity index is 1.55. The molecule has 2 fully saturated rings. The third kappa shape index (κ3) is 6.47. The quantitative estimate of drug-likeness (QED) is 0.496. The SMILES string of the molecule is CCCCCCCC[C@H]1CC[C@H]([C@H]2CC[C@H](C(=O)O)CC2)CC1. The second-order valence-corrected chi connectivity index (χ2v) is 8.29. The number of hydrogen-bond acceptors (Lipinski definition) is 1. The van der Waals surface area contributed by atoms with Crippen molar-refractivity contribution in [1.29, 1.82) is 0 Å². The molecule has 2 rings (SSSR count). The lowest BCUT2D eigenvalue weighted by Gasteiger charge is -2.37. The maximum Gasteiger partial charge on any atom is 0.306 e. The lowest BCUT2D eigenvalue weighted by Crippen LogP contribution is -2.28. The molecular weight excluding hydrogens is 284 g/mol. The zero-order valence-corrected chi connectivity index (χ0v) is 15.3. The summed E-state index contributed by atoms with van der Waals surface area (Å²) >= 11 is 0. The summed E-state index contributed by atoms with van der Waals surface area (Å²) in [5.74, 6) is 2.13. The van der Waals surface area contributed by atoms with Gasteiger partial charge in [-0.1, -0.05) is 64.7 Å². The highest BCUT2D eigenvalue weighted by Gasteiger charge is 2.32. The molecule has 0 unspecified atom stereocenters. The molecule has 0 aromatic rings. The third-order valence-corrected chi connectivity index (χ3v) is 6.65. The first-order valence-electron chi connectivity index (χ1n) is 10.4. The molecule has 2 aliphatic rings. The molecule has 0 atom stereocenters. The van der Waals surface area contributed by atoms with Gasteiger partial charge in [0, 0.05) is 0 Å². The highest BCUT2D eigenvalue weighted by molar-refractivity contribution is 5.69. The van der Waals surface area contributed by atoms with Crippen LogP contribution in [0.5, 0.6) is 0 Å². The topological polar surface area (TPSA) is 37.3 Å². The number of hydrogen-bond donors (Lipinski definition) is 1. The van der Waals surface area contributed by atoms with E-state index in [2.05, 4.69) is 6.92 Å². The molecule has 0 saturated heterocycles. The minimum absolute atomic E-state index is 0.0460. The predicted octanol–water partition coefficient (Wildman–Crippen LogP) is 6.43. The van der Waals surface area contributed by atoms with Crippen LogP contribution < -0.4 is 0 Å². The van der Waals surface area contributed by atoms with E-state index in [0.29, 0.717) is 0 Å². The van der Waals surface area contributed by atoms with Crippen molar-refractivity contribution in [3.8, 4) is 0 Å². The fourth-order valence-electron chi connectivity index (χ4n) is 5.00. The summed E-state index contributed by atoms with van der Waals surface area (Å²) in [5, 5.41) is 9.12. The van der Waals surface area contributed by atoms with E-state index in [1.807, 2.05) is 0 Å². The molecule has 0 aliphatic heterocycles. The van der Waals surface area contributed by atoms with E-state index in [1.165, 1.54) is 83.5 Å². The van der Waals surface area contributed by atoms with E-state index in [0.717, 1.165) is 30.6 Å². The summed E-state index contributed by atoms with van der Waals surface area (Å²) in [6, 6.07) is 0.